The Morgan fingerprint density at radius 3 is 2.78 bits per heavy atom. The second kappa shape index (κ2) is 4.93. The lowest BCUT2D eigenvalue weighted by molar-refractivity contribution is -0.120. The maximum atomic E-state index is 13.5. The van der Waals surface area contributed by atoms with Gasteiger partial charge in [0.25, 0.3) is 0 Å². The Balaban J connectivity index is 2.41. The fraction of sp³-hybridized carbons (Fsp3) is 0.273. The third-order valence-electron chi connectivity index (χ3n) is 2.57. The summed E-state index contributed by atoms with van der Waals surface area (Å²) >= 11 is 3.04. The van der Waals surface area contributed by atoms with E-state index in [9.17, 15) is 14.0 Å². The number of nitrogens with zero attached hydrogens (tertiary/aromatic N) is 1. The molecule has 0 unspecified atom stereocenters. The second-order valence-electron chi connectivity index (χ2n) is 3.69. The highest BCUT2D eigenvalue weighted by atomic mass is 79.9. The summed E-state index contributed by atoms with van der Waals surface area (Å²) in [5, 5.41) is 2.17. The van der Waals surface area contributed by atoms with Crippen LogP contribution >= 0.6 is 15.9 Å². The minimum absolute atomic E-state index is 0.173. The first-order valence-corrected chi connectivity index (χ1v) is 5.96. The molecule has 18 heavy (non-hydrogen) atoms. The number of rotatable bonds is 2. The molecule has 3 amide bonds. The first kappa shape index (κ1) is 12.8. The Morgan fingerprint density at radius 1 is 1.44 bits per heavy atom. The molecule has 1 N–H and O–H groups in total. The predicted molar refractivity (Wildman–Crippen MR) is 66.2 cm³/mol. The van der Waals surface area contributed by atoms with Crippen molar-refractivity contribution in [3.8, 4) is 5.75 Å². The third-order valence-corrected chi connectivity index (χ3v) is 3.17. The maximum absolute atomic E-state index is 13.5. The molecule has 1 aliphatic heterocycles. The van der Waals surface area contributed by atoms with Crippen LogP contribution in [0, 0.1) is 5.82 Å². The van der Waals surface area contributed by atoms with Crippen LogP contribution in [0.1, 0.15) is 6.42 Å². The van der Waals surface area contributed by atoms with Crippen LogP contribution in [0.3, 0.4) is 0 Å². The van der Waals surface area contributed by atoms with E-state index in [1.807, 2.05) is 0 Å². The van der Waals surface area contributed by atoms with E-state index in [0.29, 0.717) is 11.4 Å². The van der Waals surface area contributed by atoms with Crippen molar-refractivity contribution in [1.29, 1.82) is 0 Å². The molecule has 1 aromatic carbocycles. The van der Waals surface area contributed by atoms with Gasteiger partial charge in [-0.05, 0) is 22.0 Å². The van der Waals surface area contributed by atoms with Gasteiger partial charge in [-0.25, -0.2) is 9.18 Å². The van der Waals surface area contributed by atoms with E-state index in [2.05, 4.69) is 21.2 Å². The van der Waals surface area contributed by atoms with Crippen molar-refractivity contribution in [2.24, 2.45) is 0 Å². The smallest absolute Gasteiger partial charge is 0.328 e. The van der Waals surface area contributed by atoms with E-state index < -0.39 is 11.8 Å². The highest BCUT2D eigenvalue weighted by Crippen LogP contribution is 2.34. The molecule has 1 saturated heterocycles. The molecule has 0 spiro atoms. The number of carbonyl (C=O) groups excluding carboxylic acids is 2. The average Bonchev–Trinajstić information content (AvgIpc) is 2.32. The number of nitrogens with one attached hydrogen (secondary N) is 1. The Labute approximate surface area is 111 Å². The normalized spacial score (nSPS) is 15.6. The molecule has 1 heterocycles. The number of carbonyl (C=O) groups is 2. The van der Waals surface area contributed by atoms with Gasteiger partial charge in [0.05, 0.1) is 17.3 Å². The van der Waals surface area contributed by atoms with Crippen LogP contribution in [0.4, 0.5) is 14.9 Å². The highest BCUT2D eigenvalue weighted by Gasteiger charge is 2.27. The second-order valence-corrected chi connectivity index (χ2v) is 4.55. The molecule has 96 valence electrons. The SMILES string of the molecule is COc1cc(Br)c(F)cc1N1CCC(=O)NC1=O. The van der Waals surface area contributed by atoms with Gasteiger partial charge < -0.3 is 4.74 Å². The van der Waals surface area contributed by atoms with Gasteiger partial charge in [0.1, 0.15) is 11.6 Å². The summed E-state index contributed by atoms with van der Waals surface area (Å²) in [6.45, 7) is 0.197. The molecule has 7 heteroatoms. The standard InChI is InChI=1S/C11H10BrFN2O3/c1-18-9-4-6(12)7(13)5-8(9)15-3-2-10(16)14-11(15)17/h4-5H,2-3H2,1H3,(H,14,16,17). The van der Waals surface area contributed by atoms with Crippen LogP contribution < -0.4 is 15.0 Å². The molecule has 0 aliphatic carbocycles. The lowest BCUT2D eigenvalue weighted by atomic mass is 10.2. The summed E-state index contributed by atoms with van der Waals surface area (Å²) in [4.78, 5) is 24.0. The molecule has 1 aromatic rings. The largest absolute Gasteiger partial charge is 0.495 e. The van der Waals surface area contributed by atoms with Crippen molar-refractivity contribution in [3.05, 3.63) is 22.4 Å². The monoisotopic (exact) mass is 316 g/mol. The van der Waals surface area contributed by atoms with Crippen LogP contribution in [-0.2, 0) is 4.79 Å². The minimum atomic E-state index is -0.578. The molecule has 2 rings (SSSR count). The molecule has 0 atom stereocenters. The number of anilines is 1. The summed E-state index contributed by atoms with van der Waals surface area (Å²) in [6.07, 6.45) is 0.173. The van der Waals surface area contributed by atoms with E-state index in [1.165, 1.54) is 24.1 Å². The van der Waals surface area contributed by atoms with Gasteiger partial charge in [-0.3, -0.25) is 15.0 Å². The molecule has 1 fully saturated rings. The number of halogens is 2. The van der Waals surface area contributed by atoms with Crippen molar-refractivity contribution in [2.45, 2.75) is 6.42 Å². The number of methoxy groups -OCH3 is 1. The summed E-state index contributed by atoms with van der Waals surface area (Å²) in [5.74, 6) is -0.490. The first-order valence-electron chi connectivity index (χ1n) is 5.17. The average molecular weight is 317 g/mol. The summed E-state index contributed by atoms with van der Waals surface area (Å²) < 4.78 is 18.9. The lowest BCUT2D eigenvalue weighted by Crippen LogP contribution is -2.49. The van der Waals surface area contributed by atoms with Crippen LogP contribution in [0.5, 0.6) is 5.75 Å². The van der Waals surface area contributed by atoms with E-state index in [0.717, 1.165) is 0 Å². The molecule has 0 bridgehead atoms. The molecule has 5 nitrogen and oxygen atoms in total. The number of benzene rings is 1. The molecular weight excluding hydrogens is 307 g/mol. The van der Waals surface area contributed by atoms with E-state index >= 15 is 0 Å². The number of imide groups is 1. The predicted octanol–water partition coefficient (Wildman–Crippen LogP) is 2.04. The zero-order chi connectivity index (χ0) is 13.3. The molecule has 0 saturated carbocycles. The van der Waals surface area contributed by atoms with Gasteiger partial charge in [-0.1, -0.05) is 0 Å². The Kier molecular flexibility index (Phi) is 3.51. The van der Waals surface area contributed by atoms with Gasteiger partial charge in [0.2, 0.25) is 5.91 Å². The fourth-order valence-electron chi connectivity index (χ4n) is 1.69. The van der Waals surface area contributed by atoms with Crippen molar-refractivity contribution in [1.82, 2.24) is 5.32 Å². The molecule has 0 radical (unpaired) electrons. The summed E-state index contributed by atoms with van der Waals surface area (Å²) in [5.41, 5.74) is 0.295. The van der Waals surface area contributed by atoms with Gasteiger partial charge >= 0.3 is 6.03 Å². The van der Waals surface area contributed by atoms with Crippen molar-refractivity contribution in [3.63, 3.8) is 0 Å². The minimum Gasteiger partial charge on any atom is -0.495 e. The van der Waals surface area contributed by atoms with E-state index in [1.54, 1.807) is 0 Å². The first-order chi connectivity index (χ1) is 8.52. The number of amides is 3. The maximum Gasteiger partial charge on any atom is 0.328 e. The van der Waals surface area contributed by atoms with E-state index in [4.69, 9.17) is 4.74 Å². The van der Waals surface area contributed by atoms with Crippen LogP contribution in [0.2, 0.25) is 0 Å². The van der Waals surface area contributed by atoms with Gasteiger partial charge in [-0.15, -0.1) is 0 Å². The third kappa shape index (κ3) is 2.31. The van der Waals surface area contributed by atoms with Crippen LogP contribution in [0.25, 0.3) is 0 Å². The molecular formula is C11H10BrFN2O3. The zero-order valence-corrected chi connectivity index (χ0v) is 11.1. The Hall–Kier alpha value is -1.63. The van der Waals surface area contributed by atoms with Crippen molar-refractivity contribution < 1.29 is 18.7 Å². The molecule has 0 aromatic heterocycles. The van der Waals surface area contributed by atoms with Gasteiger partial charge in [-0.2, -0.15) is 0 Å². The van der Waals surface area contributed by atoms with Crippen LogP contribution in [-0.4, -0.2) is 25.6 Å². The topological polar surface area (TPSA) is 58.6 Å². The Bertz CT molecular complexity index is 521. The van der Waals surface area contributed by atoms with E-state index in [-0.39, 0.29) is 23.3 Å². The fourth-order valence-corrected chi connectivity index (χ4v) is 2.01. The lowest BCUT2D eigenvalue weighted by Gasteiger charge is -2.27. The number of ether oxygens (including phenoxy) is 1. The number of hydrogen-bond donors (Lipinski definition) is 1. The van der Waals surface area contributed by atoms with Crippen LogP contribution in [0.15, 0.2) is 16.6 Å². The summed E-state index contributed by atoms with van der Waals surface area (Å²) in [7, 11) is 1.43. The van der Waals surface area contributed by atoms with Crippen molar-refractivity contribution >= 4 is 33.6 Å². The number of urea groups is 1. The van der Waals surface area contributed by atoms with Gasteiger partial charge in [0.15, 0.2) is 0 Å². The highest BCUT2D eigenvalue weighted by molar-refractivity contribution is 9.10. The zero-order valence-electron chi connectivity index (χ0n) is 9.50. The summed E-state index contributed by atoms with van der Waals surface area (Å²) in [6, 6.07) is 2.05. The number of hydrogen-bond acceptors (Lipinski definition) is 3. The molecule has 1 aliphatic rings. The Morgan fingerprint density at radius 2 is 2.17 bits per heavy atom. The quantitative estimate of drug-likeness (QED) is 0.908. The van der Waals surface area contributed by atoms with Crippen molar-refractivity contribution in [2.75, 3.05) is 18.6 Å². The van der Waals surface area contributed by atoms with Gasteiger partial charge in [0, 0.05) is 19.0 Å².